The lowest BCUT2D eigenvalue weighted by Gasteiger charge is -2.23. The first kappa shape index (κ1) is 21.1. The fourth-order valence-electron chi connectivity index (χ4n) is 2.78. The van der Waals surface area contributed by atoms with E-state index in [0.29, 0.717) is 0 Å². The number of fused-ring (bicyclic) bond motifs is 1. The topological polar surface area (TPSA) is 46.6 Å². The van der Waals surface area contributed by atoms with E-state index in [1.54, 1.807) is 20.8 Å². The van der Waals surface area contributed by atoms with Gasteiger partial charge in [-0.2, -0.15) is 0 Å². The zero-order valence-corrected chi connectivity index (χ0v) is 16.2. The van der Waals surface area contributed by atoms with Crippen molar-refractivity contribution in [2.75, 3.05) is 11.4 Å². The zero-order chi connectivity index (χ0) is 19.7. The van der Waals surface area contributed by atoms with Gasteiger partial charge in [-0.05, 0) is 53.2 Å². The molecule has 0 N–H and O–H groups in total. The second-order valence-electron chi connectivity index (χ2n) is 7.32. The molecule has 0 bridgehead atoms. The van der Waals surface area contributed by atoms with Crippen LogP contribution in [0, 0.1) is 18.6 Å². The maximum Gasteiger partial charge on any atom is 0.326 e. The molecule has 1 aliphatic rings. The molecular formula is C19H27F2NO3. The molecule has 2 rings (SSSR count). The van der Waals surface area contributed by atoms with Crippen molar-refractivity contribution in [1.82, 2.24) is 0 Å². The lowest BCUT2D eigenvalue weighted by Crippen LogP contribution is -2.41. The minimum Gasteiger partial charge on any atom is -0.459 e. The predicted molar refractivity (Wildman–Crippen MR) is 93.7 cm³/mol. The molecule has 0 radical (unpaired) electrons. The number of hydrogen-bond donors (Lipinski definition) is 0. The van der Waals surface area contributed by atoms with Gasteiger partial charge in [0.2, 0.25) is 5.91 Å². The van der Waals surface area contributed by atoms with Crippen LogP contribution in [0.1, 0.15) is 59.6 Å². The molecular weight excluding hydrogens is 328 g/mol. The zero-order valence-electron chi connectivity index (χ0n) is 16.2. The molecule has 0 spiro atoms. The Kier molecular flexibility index (Phi) is 5.98. The van der Waals surface area contributed by atoms with Gasteiger partial charge in [-0.15, -0.1) is 0 Å². The van der Waals surface area contributed by atoms with Crippen molar-refractivity contribution in [3.05, 3.63) is 28.8 Å². The maximum absolute atomic E-state index is 14.5. The molecule has 4 nitrogen and oxygen atoms in total. The molecule has 1 heterocycles. The van der Waals surface area contributed by atoms with Crippen LogP contribution in [0.5, 0.6) is 0 Å². The van der Waals surface area contributed by atoms with E-state index in [0.717, 1.165) is 11.0 Å². The van der Waals surface area contributed by atoms with Crippen molar-refractivity contribution >= 4 is 17.6 Å². The SMILES string of the molecule is CC.Cc1cc(F)c2c(c1F)C(C)(C)C(=O)N2CC(=O)OC(C)(C)C. The molecule has 0 saturated carbocycles. The molecule has 0 unspecified atom stereocenters. The smallest absolute Gasteiger partial charge is 0.326 e. The van der Waals surface area contributed by atoms with E-state index in [9.17, 15) is 18.4 Å². The number of nitrogens with zero attached hydrogens (tertiary/aromatic N) is 1. The van der Waals surface area contributed by atoms with Crippen molar-refractivity contribution < 1.29 is 23.1 Å². The summed E-state index contributed by atoms with van der Waals surface area (Å²) in [6, 6.07) is 1.03. The normalized spacial score (nSPS) is 15.4. The number of halogens is 2. The summed E-state index contributed by atoms with van der Waals surface area (Å²) < 4.78 is 34.0. The Morgan fingerprint density at radius 1 is 1.24 bits per heavy atom. The summed E-state index contributed by atoms with van der Waals surface area (Å²) in [4.78, 5) is 25.6. The van der Waals surface area contributed by atoms with Gasteiger partial charge in [0.05, 0.1) is 11.1 Å². The summed E-state index contributed by atoms with van der Waals surface area (Å²) in [6.07, 6.45) is 0. The monoisotopic (exact) mass is 355 g/mol. The number of aryl methyl sites for hydroxylation is 1. The van der Waals surface area contributed by atoms with Gasteiger partial charge >= 0.3 is 5.97 Å². The molecule has 6 heteroatoms. The van der Waals surface area contributed by atoms with Gasteiger partial charge in [-0.25, -0.2) is 8.78 Å². The van der Waals surface area contributed by atoms with Crippen molar-refractivity contribution in [3.63, 3.8) is 0 Å². The van der Waals surface area contributed by atoms with E-state index in [4.69, 9.17) is 4.74 Å². The van der Waals surface area contributed by atoms with Crippen LogP contribution in [0.2, 0.25) is 0 Å². The number of ether oxygens (including phenoxy) is 1. The molecule has 0 atom stereocenters. The van der Waals surface area contributed by atoms with E-state index < -0.39 is 41.1 Å². The number of amides is 1. The third-order valence-electron chi connectivity index (χ3n) is 3.75. The molecule has 0 aliphatic carbocycles. The Morgan fingerprint density at radius 3 is 2.24 bits per heavy atom. The lowest BCUT2D eigenvalue weighted by molar-refractivity contribution is -0.153. The second-order valence-corrected chi connectivity index (χ2v) is 7.32. The first-order chi connectivity index (χ1) is 11.4. The number of carbonyl (C=O) groups is 2. The first-order valence-electron chi connectivity index (χ1n) is 8.39. The molecule has 1 aromatic carbocycles. The molecule has 0 saturated heterocycles. The first-order valence-corrected chi connectivity index (χ1v) is 8.39. The molecule has 0 aromatic heterocycles. The van der Waals surface area contributed by atoms with Crippen LogP contribution in [0.25, 0.3) is 0 Å². The molecule has 140 valence electrons. The molecule has 25 heavy (non-hydrogen) atoms. The molecule has 0 fully saturated rings. The highest BCUT2D eigenvalue weighted by Crippen LogP contribution is 2.45. The Bertz CT molecular complexity index is 691. The van der Waals surface area contributed by atoms with Crippen LogP contribution in [0.15, 0.2) is 6.07 Å². The number of benzene rings is 1. The van der Waals surface area contributed by atoms with Crippen LogP contribution >= 0.6 is 0 Å². The van der Waals surface area contributed by atoms with Gasteiger partial charge < -0.3 is 4.74 Å². The number of rotatable bonds is 2. The van der Waals surface area contributed by atoms with Gasteiger partial charge in [0.25, 0.3) is 0 Å². The van der Waals surface area contributed by atoms with Crippen LogP contribution in [-0.2, 0) is 19.7 Å². The third-order valence-corrected chi connectivity index (χ3v) is 3.75. The quantitative estimate of drug-likeness (QED) is 0.745. The third kappa shape index (κ3) is 3.99. The Balaban J connectivity index is 0.00000151. The van der Waals surface area contributed by atoms with Gasteiger partial charge in [0.1, 0.15) is 23.8 Å². The summed E-state index contributed by atoms with van der Waals surface area (Å²) in [5.74, 6) is -2.54. The number of carbonyl (C=O) groups excluding carboxylic acids is 2. The molecule has 1 aliphatic heterocycles. The number of anilines is 1. The maximum atomic E-state index is 14.5. The molecule has 1 amide bonds. The van der Waals surface area contributed by atoms with E-state index in [-0.39, 0.29) is 16.8 Å². The van der Waals surface area contributed by atoms with Crippen molar-refractivity contribution in [2.45, 2.75) is 66.4 Å². The van der Waals surface area contributed by atoms with E-state index in [1.807, 2.05) is 13.8 Å². The summed E-state index contributed by atoms with van der Waals surface area (Å²) in [5, 5.41) is 0. The van der Waals surface area contributed by atoms with E-state index in [1.165, 1.54) is 20.8 Å². The predicted octanol–water partition coefficient (Wildman–Crippen LogP) is 4.27. The van der Waals surface area contributed by atoms with Gasteiger partial charge in [0, 0.05) is 5.56 Å². The largest absolute Gasteiger partial charge is 0.459 e. The molecule has 1 aromatic rings. The fraction of sp³-hybridized carbons (Fsp3) is 0.579. The van der Waals surface area contributed by atoms with E-state index >= 15 is 0 Å². The summed E-state index contributed by atoms with van der Waals surface area (Å²) in [6.45, 7) is 13.1. The lowest BCUT2D eigenvalue weighted by atomic mass is 9.85. The van der Waals surface area contributed by atoms with Crippen LogP contribution in [0.3, 0.4) is 0 Å². The minimum absolute atomic E-state index is 0.0106. The second kappa shape index (κ2) is 7.10. The fourth-order valence-corrected chi connectivity index (χ4v) is 2.78. The van der Waals surface area contributed by atoms with Crippen LogP contribution < -0.4 is 4.90 Å². The van der Waals surface area contributed by atoms with Gasteiger partial charge in [-0.1, -0.05) is 13.8 Å². The summed E-state index contributed by atoms with van der Waals surface area (Å²) in [5.41, 5.74) is -2.03. The Morgan fingerprint density at radius 2 is 1.76 bits per heavy atom. The average molecular weight is 355 g/mol. The van der Waals surface area contributed by atoms with Crippen LogP contribution in [-0.4, -0.2) is 24.0 Å². The standard InChI is InChI=1S/C17H21F2NO3.C2H6/c1-9-7-10(18)14-12(13(9)19)17(5,6)15(22)20(14)8-11(21)23-16(2,3)4;1-2/h7H,8H2,1-6H3;1-2H3. The number of esters is 1. The Hall–Kier alpha value is -1.98. The minimum atomic E-state index is -1.24. The van der Waals surface area contributed by atoms with Gasteiger partial charge in [0.15, 0.2) is 0 Å². The van der Waals surface area contributed by atoms with E-state index in [2.05, 4.69) is 0 Å². The summed E-state index contributed by atoms with van der Waals surface area (Å²) >= 11 is 0. The van der Waals surface area contributed by atoms with Crippen molar-refractivity contribution in [1.29, 1.82) is 0 Å². The van der Waals surface area contributed by atoms with Crippen molar-refractivity contribution in [3.8, 4) is 0 Å². The highest BCUT2D eigenvalue weighted by atomic mass is 19.1. The highest BCUT2D eigenvalue weighted by Gasteiger charge is 2.48. The Labute approximate surface area is 148 Å². The summed E-state index contributed by atoms with van der Waals surface area (Å²) in [7, 11) is 0. The van der Waals surface area contributed by atoms with Crippen molar-refractivity contribution in [2.24, 2.45) is 0 Å². The highest BCUT2D eigenvalue weighted by molar-refractivity contribution is 6.10. The van der Waals surface area contributed by atoms with Gasteiger partial charge in [-0.3, -0.25) is 14.5 Å². The average Bonchev–Trinajstić information content (AvgIpc) is 2.66. The van der Waals surface area contributed by atoms with Crippen LogP contribution in [0.4, 0.5) is 14.5 Å². The number of hydrogen-bond acceptors (Lipinski definition) is 3.